The molecule has 2 nitrogen and oxygen atoms in total. The topological polar surface area (TPSA) is 24.9 Å². The molecule has 2 aromatic rings. The van der Waals surface area contributed by atoms with Crippen LogP contribution < -0.4 is 5.32 Å². The number of aromatic nitrogens is 1. The predicted molar refractivity (Wildman–Crippen MR) is 73.0 cm³/mol. The minimum Gasteiger partial charge on any atom is -0.316 e. The van der Waals surface area contributed by atoms with Crippen LogP contribution in [0.2, 0.25) is 0 Å². The van der Waals surface area contributed by atoms with E-state index in [9.17, 15) is 0 Å². The van der Waals surface area contributed by atoms with Crippen molar-refractivity contribution in [1.29, 1.82) is 0 Å². The Kier molecular flexibility index (Phi) is 4.59. The number of nitrogens with zero attached hydrogens (tertiary/aromatic N) is 1. The van der Waals surface area contributed by atoms with Crippen LogP contribution in [-0.2, 0) is 12.3 Å². The van der Waals surface area contributed by atoms with E-state index in [2.05, 4.69) is 40.6 Å². The van der Waals surface area contributed by atoms with Gasteiger partial charge in [0.25, 0.3) is 0 Å². The van der Waals surface area contributed by atoms with Crippen molar-refractivity contribution in [3.63, 3.8) is 0 Å². The minimum absolute atomic E-state index is 0.924. The first-order valence-electron chi connectivity index (χ1n) is 5.64. The van der Waals surface area contributed by atoms with Crippen LogP contribution in [0.1, 0.15) is 11.1 Å². The summed E-state index contributed by atoms with van der Waals surface area (Å²) >= 11 is 1.84. The first kappa shape index (κ1) is 12.1. The monoisotopic (exact) mass is 244 g/mol. The molecule has 0 unspecified atom stereocenters. The van der Waals surface area contributed by atoms with E-state index in [1.807, 2.05) is 31.1 Å². The standard InChI is InChI=1S/C14H16N2S/c1-15-9-12-4-6-14(7-5-12)17-11-13-3-2-8-16-10-13/h2-8,10,15H,9,11H2,1H3. The summed E-state index contributed by atoms with van der Waals surface area (Å²) in [5.74, 6) is 0.971. The fraction of sp³-hybridized carbons (Fsp3) is 0.214. The van der Waals surface area contributed by atoms with Gasteiger partial charge in [0.05, 0.1) is 0 Å². The fourth-order valence-electron chi connectivity index (χ4n) is 1.56. The van der Waals surface area contributed by atoms with Crippen molar-refractivity contribution in [2.75, 3.05) is 7.05 Å². The lowest BCUT2D eigenvalue weighted by Crippen LogP contribution is -2.04. The lowest BCUT2D eigenvalue weighted by molar-refractivity contribution is 0.817. The smallest absolute Gasteiger partial charge is 0.0308 e. The maximum Gasteiger partial charge on any atom is 0.0308 e. The molecule has 0 aliphatic rings. The zero-order valence-corrected chi connectivity index (χ0v) is 10.7. The van der Waals surface area contributed by atoms with Crippen molar-refractivity contribution in [3.8, 4) is 0 Å². The van der Waals surface area contributed by atoms with Gasteiger partial charge in [-0.3, -0.25) is 4.98 Å². The highest BCUT2D eigenvalue weighted by molar-refractivity contribution is 7.98. The van der Waals surface area contributed by atoms with Gasteiger partial charge in [-0.1, -0.05) is 18.2 Å². The van der Waals surface area contributed by atoms with Crippen LogP contribution in [0.25, 0.3) is 0 Å². The second kappa shape index (κ2) is 6.42. The van der Waals surface area contributed by atoms with E-state index < -0.39 is 0 Å². The van der Waals surface area contributed by atoms with E-state index in [0.29, 0.717) is 0 Å². The van der Waals surface area contributed by atoms with Crippen molar-refractivity contribution in [1.82, 2.24) is 10.3 Å². The van der Waals surface area contributed by atoms with Crippen LogP contribution in [0.4, 0.5) is 0 Å². The summed E-state index contributed by atoms with van der Waals surface area (Å²) in [6.45, 7) is 0.924. The molecular formula is C14H16N2S. The van der Waals surface area contributed by atoms with Gasteiger partial charge in [-0.05, 0) is 36.4 Å². The molecule has 0 amide bonds. The van der Waals surface area contributed by atoms with Crippen molar-refractivity contribution in [3.05, 3.63) is 59.9 Å². The van der Waals surface area contributed by atoms with E-state index in [0.717, 1.165) is 12.3 Å². The summed E-state index contributed by atoms with van der Waals surface area (Å²) in [5, 5.41) is 3.15. The quantitative estimate of drug-likeness (QED) is 0.818. The van der Waals surface area contributed by atoms with Crippen LogP contribution in [-0.4, -0.2) is 12.0 Å². The Morgan fingerprint density at radius 2 is 1.94 bits per heavy atom. The van der Waals surface area contributed by atoms with E-state index >= 15 is 0 Å². The SMILES string of the molecule is CNCc1ccc(SCc2cccnc2)cc1. The number of hydrogen-bond donors (Lipinski definition) is 1. The number of nitrogens with one attached hydrogen (secondary N) is 1. The molecule has 0 atom stereocenters. The molecule has 0 fully saturated rings. The number of benzene rings is 1. The molecular weight excluding hydrogens is 228 g/mol. The van der Waals surface area contributed by atoms with Crippen molar-refractivity contribution < 1.29 is 0 Å². The highest BCUT2D eigenvalue weighted by atomic mass is 32.2. The van der Waals surface area contributed by atoms with Crippen molar-refractivity contribution in [2.24, 2.45) is 0 Å². The Morgan fingerprint density at radius 3 is 2.59 bits per heavy atom. The largest absolute Gasteiger partial charge is 0.316 e. The molecule has 1 aromatic carbocycles. The Labute approximate surface area is 106 Å². The summed E-state index contributed by atoms with van der Waals surface area (Å²) in [6, 6.07) is 12.8. The van der Waals surface area contributed by atoms with Gasteiger partial charge in [-0.15, -0.1) is 11.8 Å². The molecule has 0 saturated heterocycles. The Bertz CT molecular complexity index is 440. The Balaban J connectivity index is 1.91. The summed E-state index contributed by atoms with van der Waals surface area (Å²) in [5.41, 5.74) is 2.58. The van der Waals surface area contributed by atoms with Gasteiger partial charge in [0.15, 0.2) is 0 Å². The van der Waals surface area contributed by atoms with Crippen LogP contribution >= 0.6 is 11.8 Å². The molecule has 0 aliphatic heterocycles. The first-order chi connectivity index (χ1) is 8.38. The van der Waals surface area contributed by atoms with Gasteiger partial charge in [0.1, 0.15) is 0 Å². The van der Waals surface area contributed by atoms with Gasteiger partial charge < -0.3 is 5.32 Å². The molecule has 17 heavy (non-hydrogen) atoms. The maximum absolute atomic E-state index is 4.11. The summed E-state index contributed by atoms with van der Waals surface area (Å²) in [7, 11) is 1.96. The number of hydrogen-bond acceptors (Lipinski definition) is 3. The van der Waals surface area contributed by atoms with E-state index in [4.69, 9.17) is 0 Å². The number of pyridine rings is 1. The number of rotatable bonds is 5. The van der Waals surface area contributed by atoms with Gasteiger partial charge in [-0.2, -0.15) is 0 Å². The zero-order chi connectivity index (χ0) is 11.9. The molecule has 0 aliphatic carbocycles. The van der Waals surface area contributed by atoms with E-state index in [1.54, 1.807) is 6.20 Å². The average molecular weight is 244 g/mol. The van der Waals surface area contributed by atoms with Crippen LogP contribution in [0, 0.1) is 0 Å². The number of thioether (sulfide) groups is 1. The van der Waals surface area contributed by atoms with Crippen LogP contribution in [0.3, 0.4) is 0 Å². The van der Waals surface area contributed by atoms with Gasteiger partial charge in [0.2, 0.25) is 0 Å². The second-order valence-corrected chi connectivity index (χ2v) is 4.87. The molecule has 0 saturated carbocycles. The molecule has 2 rings (SSSR count). The fourth-order valence-corrected chi connectivity index (χ4v) is 2.39. The molecule has 1 aromatic heterocycles. The summed E-state index contributed by atoms with van der Waals surface area (Å²) in [6.07, 6.45) is 3.73. The molecule has 1 N–H and O–H groups in total. The highest BCUT2D eigenvalue weighted by Gasteiger charge is 1.97. The van der Waals surface area contributed by atoms with Gasteiger partial charge in [0, 0.05) is 29.6 Å². The molecule has 3 heteroatoms. The molecule has 0 spiro atoms. The zero-order valence-electron chi connectivity index (χ0n) is 9.89. The summed E-state index contributed by atoms with van der Waals surface area (Å²) < 4.78 is 0. The molecule has 0 bridgehead atoms. The summed E-state index contributed by atoms with van der Waals surface area (Å²) in [4.78, 5) is 5.41. The third kappa shape index (κ3) is 3.88. The van der Waals surface area contributed by atoms with Crippen molar-refractivity contribution in [2.45, 2.75) is 17.2 Å². The normalized spacial score (nSPS) is 10.4. The van der Waals surface area contributed by atoms with E-state index in [1.165, 1.54) is 16.0 Å². The molecule has 0 radical (unpaired) electrons. The van der Waals surface area contributed by atoms with Gasteiger partial charge in [-0.25, -0.2) is 0 Å². The van der Waals surface area contributed by atoms with Crippen molar-refractivity contribution >= 4 is 11.8 Å². The lowest BCUT2D eigenvalue weighted by atomic mass is 10.2. The Hall–Kier alpha value is -1.32. The maximum atomic E-state index is 4.11. The predicted octanol–water partition coefficient (Wildman–Crippen LogP) is 3.09. The second-order valence-electron chi connectivity index (χ2n) is 3.82. The van der Waals surface area contributed by atoms with Crippen LogP contribution in [0.15, 0.2) is 53.7 Å². The average Bonchev–Trinajstić information content (AvgIpc) is 2.40. The van der Waals surface area contributed by atoms with E-state index in [-0.39, 0.29) is 0 Å². The molecule has 88 valence electrons. The molecule has 1 heterocycles. The van der Waals surface area contributed by atoms with Crippen LogP contribution in [0.5, 0.6) is 0 Å². The first-order valence-corrected chi connectivity index (χ1v) is 6.62. The third-order valence-corrected chi connectivity index (χ3v) is 3.52. The lowest BCUT2D eigenvalue weighted by Gasteiger charge is -2.03. The Morgan fingerprint density at radius 1 is 1.12 bits per heavy atom. The highest BCUT2D eigenvalue weighted by Crippen LogP contribution is 2.22. The van der Waals surface area contributed by atoms with Gasteiger partial charge >= 0.3 is 0 Å². The third-order valence-electron chi connectivity index (χ3n) is 2.43. The minimum atomic E-state index is 0.924.